The minimum Gasteiger partial charge on any atom is -0.368 e. The maximum atomic E-state index is 12.4. The topological polar surface area (TPSA) is 58.6 Å². The third-order valence-corrected chi connectivity index (χ3v) is 5.16. The zero-order chi connectivity index (χ0) is 14.9. The largest absolute Gasteiger partial charge is 0.368 e. The molecule has 0 bridgehead atoms. The molecule has 0 aliphatic carbocycles. The van der Waals surface area contributed by atoms with Crippen molar-refractivity contribution >= 4 is 33.3 Å². The number of thiophene rings is 1. The molecular weight excluding hydrogens is 300 g/mol. The Balaban J connectivity index is 1.45. The highest BCUT2D eigenvalue weighted by atomic mass is 32.1. The second-order valence-electron chi connectivity index (χ2n) is 5.65. The first-order chi connectivity index (χ1) is 10.8. The van der Waals surface area contributed by atoms with Gasteiger partial charge in [-0.05, 0) is 24.3 Å². The smallest absolute Gasteiger partial charge is 0.251 e. The summed E-state index contributed by atoms with van der Waals surface area (Å²) in [6.45, 7) is 3.79. The molecule has 116 valence electrons. The van der Waals surface area contributed by atoms with Crippen molar-refractivity contribution in [1.82, 2.24) is 14.9 Å². The molecule has 0 unspecified atom stereocenters. The lowest BCUT2D eigenvalue weighted by atomic mass is 10.2. The van der Waals surface area contributed by atoms with Gasteiger partial charge in [-0.2, -0.15) is 0 Å². The predicted octanol–water partition coefficient (Wildman–Crippen LogP) is 1.52. The molecule has 2 aliphatic rings. The molecule has 0 N–H and O–H groups in total. The molecule has 1 atom stereocenters. The number of carbonyl (C=O) groups excluding carboxylic acids is 1. The van der Waals surface area contributed by atoms with Gasteiger partial charge in [-0.25, -0.2) is 9.97 Å². The lowest BCUT2D eigenvalue weighted by Crippen LogP contribution is -2.51. The summed E-state index contributed by atoms with van der Waals surface area (Å²) >= 11 is 1.63. The number of aromatic nitrogens is 2. The Hall–Kier alpha value is -1.73. The third kappa shape index (κ3) is 2.44. The summed E-state index contributed by atoms with van der Waals surface area (Å²) in [5, 5.41) is 3.14. The van der Waals surface area contributed by atoms with Crippen molar-refractivity contribution in [2.75, 3.05) is 37.7 Å². The van der Waals surface area contributed by atoms with Gasteiger partial charge in [0.2, 0.25) is 0 Å². The van der Waals surface area contributed by atoms with Crippen molar-refractivity contribution in [2.24, 2.45) is 0 Å². The van der Waals surface area contributed by atoms with Crippen LogP contribution in [0.3, 0.4) is 0 Å². The normalized spacial score (nSPS) is 22.5. The van der Waals surface area contributed by atoms with Gasteiger partial charge in [0.05, 0.1) is 5.39 Å². The van der Waals surface area contributed by atoms with Crippen LogP contribution >= 0.6 is 11.3 Å². The number of nitrogens with zero attached hydrogens (tertiary/aromatic N) is 4. The van der Waals surface area contributed by atoms with Gasteiger partial charge in [-0.1, -0.05) is 0 Å². The summed E-state index contributed by atoms with van der Waals surface area (Å²) in [6.07, 6.45) is 3.26. The highest BCUT2D eigenvalue weighted by molar-refractivity contribution is 7.16. The maximum Gasteiger partial charge on any atom is 0.251 e. The van der Waals surface area contributed by atoms with E-state index in [1.807, 2.05) is 10.3 Å². The first-order valence-electron chi connectivity index (χ1n) is 7.66. The molecule has 22 heavy (non-hydrogen) atoms. The number of hydrogen-bond acceptors (Lipinski definition) is 6. The number of hydrogen-bond donors (Lipinski definition) is 0. The van der Waals surface area contributed by atoms with Crippen LogP contribution in [-0.2, 0) is 9.53 Å². The molecular formula is C15H18N4O2S. The van der Waals surface area contributed by atoms with E-state index in [1.165, 1.54) is 0 Å². The van der Waals surface area contributed by atoms with Gasteiger partial charge < -0.3 is 14.5 Å². The summed E-state index contributed by atoms with van der Waals surface area (Å²) in [6, 6.07) is 2.07. The molecule has 0 saturated carbocycles. The first kappa shape index (κ1) is 13.9. The number of rotatable bonds is 2. The van der Waals surface area contributed by atoms with Crippen molar-refractivity contribution in [3.05, 3.63) is 17.8 Å². The fourth-order valence-electron chi connectivity index (χ4n) is 3.14. The van der Waals surface area contributed by atoms with Crippen LogP contribution in [0.15, 0.2) is 17.8 Å². The zero-order valence-electron chi connectivity index (χ0n) is 12.3. The van der Waals surface area contributed by atoms with Crippen molar-refractivity contribution in [3.8, 4) is 0 Å². The van der Waals surface area contributed by atoms with Crippen LogP contribution in [0.5, 0.6) is 0 Å². The van der Waals surface area contributed by atoms with E-state index >= 15 is 0 Å². The third-order valence-electron chi connectivity index (χ3n) is 4.34. The number of piperazine rings is 1. The maximum absolute atomic E-state index is 12.4. The minimum absolute atomic E-state index is 0.153. The van der Waals surface area contributed by atoms with Gasteiger partial charge in [0, 0.05) is 32.8 Å². The van der Waals surface area contributed by atoms with Gasteiger partial charge in [-0.15, -0.1) is 11.3 Å². The number of carbonyl (C=O) groups is 1. The highest BCUT2D eigenvalue weighted by Crippen LogP contribution is 2.27. The minimum atomic E-state index is -0.214. The summed E-state index contributed by atoms with van der Waals surface area (Å²) in [5.41, 5.74) is 0. The van der Waals surface area contributed by atoms with E-state index < -0.39 is 0 Å². The Kier molecular flexibility index (Phi) is 3.67. The predicted molar refractivity (Wildman–Crippen MR) is 85.2 cm³/mol. The van der Waals surface area contributed by atoms with Gasteiger partial charge in [0.1, 0.15) is 23.1 Å². The Morgan fingerprint density at radius 1 is 1.27 bits per heavy atom. The summed E-state index contributed by atoms with van der Waals surface area (Å²) in [4.78, 5) is 26.3. The van der Waals surface area contributed by atoms with E-state index in [1.54, 1.807) is 17.7 Å². The number of ether oxygens (including phenoxy) is 1. The van der Waals surface area contributed by atoms with Crippen LogP contribution in [-0.4, -0.2) is 59.7 Å². The van der Waals surface area contributed by atoms with Gasteiger partial charge in [0.25, 0.3) is 5.91 Å². The summed E-state index contributed by atoms with van der Waals surface area (Å²) in [7, 11) is 0. The Bertz CT molecular complexity index is 675. The molecule has 4 heterocycles. The van der Waals surface area contributed by atoms with Crippen molar-refractivity contribution in [1.29, 1.82) is 0 Å². The van der Waals surface area contributed by atoms with Crippen LogP contribution in [0.4, 0.5) is 5.82 Å². The fraction of sp³-hybridized carbons (Fsp3) is 0.533. The van der Waals surface area contributed by atoms with E-state index in [2.05, 4.69) is 20.9 Å². The molecule has 2 saturated heterocycles. The van der Waals surface area contributed by atoms with Crippen LogP contribution in [0.1, 0.15) is 12.8 Å². The highest BCUT2D eigenvalue weighted by Gasteiger charge is 2.30. The van der Waals surface area contributed by atoms with Crippen LogP contribution < -0.4 is 4.90 Å². The van der Waals surface area contributed by atoms with E-state index in [0.717, 1.165) is 55.1 Å². The van der Waals surface area contributed by atoms with E-state index in [4.69, 9.17) is 4.74 Å². The van der Waals surface area contributed by atoms with Gasteiger partial charge in [-0.3, -0.25) is 4.79 Å². The van der Waals surface area contributed by atoms with E-state index in [0.29, 0.717) is 6.61 Å². The van der Waals surface area contributed by atoms with Gasteiger partial charge in [0.15, 0.2) is 0 Å². The Morgan fingerprint density at radius 3 is 2.91 bits per heavy atom. The summed E-state index contributed by atoms with van der Waals surface area (Å²) in [5.74, 6) is 1.14. The molecule has 2 aromatic heterocycles. The number of anilines is 1. The van der Waals surface area contributed by atoms with E-state index in [-0.39, 0.29) is 12.0 Å². The first-order valence-corrected chi connectivity index (χ1v) is 8.54. The zero-order valence-corrected chi connectivity index (χ0v) is 13.1. The monoisotopic (exact) mass is 318 g/mol. The average molecular weight is 318 g/mol. The van der Waals surface area contributed by atoms with E-state index in [9.17, 15) is 4.79 Å². The average Bonchev–Trinajstić information content (AvgIpc) is 3.25. The quantitative estimate of drug-likeness (QED) is 0.840. The second-order valence-corrected chi connectivity index (χ2v) is 6.55. The number of fused-ring (bicyclic) bond motifs is 1. The fourth-order valence-corrected chi connectivity index (χ4v) is 3.87. The lowest BCUT2D eigenvalue weighted by Gasteiger charge is -2.36. The molecule has 0 spiro atoms. The molecule has 1 amide bonds. The van der Waals surface area contributed by atoms with Crippen molar-refractivity contribution in [3.63, 3.8) is 0 Å². The molecule has 4 rings (SSSR count). The second kappa shape index (κ2) is 5.81. The standard InChI is InChI=1S/C15H18N4O2S/c20-15(12-2-1-8-21-12)19-6-4-18(5-7-19)13-11-3-9-22-14(11)17-10-16-13/h3,9-10,12H,1-2,4-8H2/t12-/m0/s1. The Morgan fingerprint density at radius 2 is 2.14 bits per heavy atom. The SMILES string of the molecule is O=C([C@@H]1CCCO1)N1CCN(c2ncnc3sccc23)CC1. The molecule has 7 heteroatoms. The summed E-state index contributed by atoms with van der Waals surface area (Å²) < 4.78 is 5.50. The van der Waals surface area contributed by atoms with Crippen LogP contribution in [0.25, 0.3) is 10.2 Å². The lowest BCUT2D eigenvalue weighted by molar-refractivity contribution is -0.141. The molecule has 2 aromatic rings. The van der Waals surface area contributed by atoms with Gasteiger partial charge >= 0.3 is 0 Å². The molecule has 6 nitrogen and oxygen atoms in total. The molecule has 2 aliphatic heterocycles. The van der Waals surface area contributed by atoms with Crippen molar-refractivity contribution in [2.45, 2.75) is 18.9 Å². The Labute approximate surface area is 132 Å². The van der Waals surface area contributed by atoms with Crippen molar-refractivity contribution < 1.29 is 9.53 Å². The molecule has 0 radical (unpaired) electrons. The van der Waals surface area contributed by atoms with Crippen LogP contribution in [0, 0.1) is 0 Å². The number of amides is 1. The molecule has 2 fully saturated rings. The molecule has 0 aromatic carbocycles. The van der Waals surface area contributed by atoms with Crippen LogP contribution in [0.2, 0.25) is 0 Å².